The second-order valence-electron chi connectivity index (χ2n) is 6.03. The molecule has 0 aliphatic carbocycles. The monoisotopic (exact) mass is 393 g/mol. The molecule has 2 aromatic carbocycles. The van der Waals surface area contributed by atoms with E-state index >= 15 is 0 Å². The van der Waals surface area contributed by atoms with E-state index in [1.54, 1.807) is 0 Å². The minimum Gasteiger partial charge on any atom is -0.472 e. The summed E-state index contributed by atoms with van der Waals surface area (Å²) in [6.07, 6.45) is 0. The topological polar surface area (TPSA) is 71.9 Å². The fraction of sp³-hybridized carbons (Fsp3) is 0.167. The Bertz CT molecular complexity index is 1040. The van der Waals surface area contributed by atoms with E-state index in [4.69, 9.17) is 26.0 Å². The minimum absolute atomic E-state index is 0.0209. The first-order valence-corrected chi connectivity index (χ1v) is 7.96. The van der Waals surface area contributed by atoms with Crippen molar-refractivity contribution in [3.8, 4) is 23.3 Å². The van der Waals surface area contributed by atoms with Gasteiger partial charge < -0.3 is 9.15 Å². The van der Waals surface area contributed by atoms with Gasteiger partial charge in [0.2, 0.25) is 0 Å². The molecule has 0 bridgehead atoms. The van der Waals surface area contributed by atoms with E-state index in [2.05, 4.69) is 10.2 Å². The van der Waals surface area contributed by atoms with Gasteiger partial charge >= 0.3 is 0 Å². The van der Waals surface area contributed by atoms with Crippen LogP contribution >= 0.6 is 11.6 Å². The smallest absolute Gasteiger partial charge is 0.259 e. The van der Waals surface area contributed by atoms with Crippen LogP contribution in [0, 0.1) is 28.8 Å². The van der Waals surface area contributed by atoms with Crippen LogP contribution in [0.15, 0.2) is 34.7 Å². The summed E-state index contributed by atoms with van der Waals surface area (Å²) in [4.78, 5) is 0. The summed E-state index contributed by atoms with van der Waals surface area (Å²) in [5.74, 6) is -3.67. The zero-order chi connectivity index (χ0) is 19.8. The molecule has 3 aromatic rings. The van der Waals surface area contributed by atoms with Gasteiger partial charge in [-0.2, -0.15) is 5.26 Å². The molecule has 0 N–H and O–H groups in total. The quantitative estimate of drug-likeness (QED) is 0.624. The van der Waals surface area contributed by atoms with Crippen molar-refractivity contribution in [2.45, 2.75) is 19.4 Å². The Hall–Kier alpha value is -3.05. The molecule has 138 valence electrons. The molecule has 0 spiro atoms. The zero-order valence-electron chi connectivity index (χ0n) is 14.1. The maximum Gasteiger partial charge on any atom is 0.259 e. The fourth-order valence-corrected chi connectivity index (χ4v) is 2.45. The summed E-state index contributed by atoms with van der Waals surface area (Å²) in [7, 11) is 0. The Morgan fingerprint density at radius 2 is 1.74 bits per heavy atom. The summed E-state index contributed by atoms with van der Waals surface area (Å²) in [5.41, 5.74) is -1.31. The van der Waals surface area contributed by atoms with Gasteiger partial charge in [0.1, 0.15) is 5.82 Å². The van der Waals surface area contributed by atoms with E-state index in [0.29, 0.717) is 0 Å². The van der Waals surface area contributed by atoms with E-state index in [1.165, 1.54) is 26.0 Å². The van der Waals surface area contributed by atoms with E-state index in [0.717, 1.165) is 18.2 Å². The Labute approximate surface area is 157 Å². The van der Waals surface area contributed by atoms with E-state index < -0.39 is 28.8 Å². The number of nitrogens with zero attached hydrogens (tertiary/aromatic N) is 3. The first kappa shape index (κ1) is 18.7. The number of benzene rings is 2. The number of nitriles is 1. The number of aromatic nitrogens is 2. The van der Waals surface area contributed by atoms with Crippen molar-refractivity contribution in [1.29, 1.82) is 5.26 Å². The Morgan fingerprint density at radius 1 is 1.07 bits per heavy atom. The number of ether oxygens (including phenoxy) is 1. The van der Waals surface area contributed by atoms with Crippen molar-refractivity contribution >= 4 is 11.6 Å². The molecule has 1 heterocycles. The lowest BCUT2D eigenvalue weighted by atomic mass is 10.1. The van der Waals surface area contributed by atoms with Crippen molar-refractivity contribution in [2.24, 2.45) is 0 Å². The van der Waals surface area contributed by atoms with Gasteiger partial charge in [-0.05, 0) is 44.2 Å². The normalized spacial score (nSPS) is 11.3. The van der Waals surface area contributed by atoms with Crippen molar-refractivity contribution in [3.05, 3.63) is 64.3 Å². The summed E-state index contributed by atoms with van der Waals surface area (Å²) < 4.78 is 52.8. The third-order valence-corrected chi connectivity index (χ3v) is 3.81. The average molecular weight is 394 g/mol. The van der Waals surface area contributed by atoms with Crippen LogP contribution in [0.25, 0.3) is 11.5 Å². The van der Waals surface area contributed by atoms with Crippen LogP contribution in [-0.4, -0.2) is 10.2 Å². The minimum atomic E-state index is -1.43. The van der Waals surface area contributed by atoms with Crippen LogP contribution in [0.1, 0.15) is 25.3 Å². The van der Waals surface area contributed by atoms with Crippen LogP contribution in [0.5, 0.6) is 5.75 Å². The fourth-order valence-electron chi connectivity index (χ4n) is 2.26. The molecular weight excluding hydrogens is 383 g/mol. The largest absolute Gasteiger partial charge is 0.472 e. The predicted molar refractivity (Wildman–Crippen MR) is 89.4 cm³/mol. The van der Waals surface area contributed by atoms with Crippen molar-refractivity contribution in [2.75, 3.05) is 0 Å². The van der Waals surface area contributed by atoms with Crippen LogP contribution in [0.4, 0.5) is 13.2 Å². The molecule has 5 nitrogen and oxygen atoms in total. The van der Waals surface area contributed by atoms with Gasteiger partial charge in [0.25, 0.3) is 11.8 Å². The Morgan fingerprint density at radius 3 is 2.33 bits per heavy atom. The maximum atomic E-state index is 14.1. The van der Waals surface area contributed by atoms with Crippen LogP contribution in [0.2, 0.25) is 5.02 Å². The van der Waals surface area contributed by atoms with Crippen molar-refractivity contribution < 1.29 is 22.3 Å². The molecule has 0 atom stereocenters. The second kappa shape index (κ2) is 6.93. The summed E-state index contributed by atoms with van der Waals surface area (Å²) >= 11 is 5.59. The SMILES string of the molecule is CC(C)(Oc1c(F)cc(Cl)cc1F)c1nnc(-c2ccc(C#N)cc2F)o1. The third kappa shape index (κ3) is 3.73. The molecule has 0 amide bonds. The predicted octanol–water partition coefficient (Wildman–Crippen LogP) is 4.99. The van der Waals surface area contributed by atoms with E-state index in [9.17, 15) is 13.2 Å². The molecule has 0 saturated heterocycles. The molecule has 0 unspecified atom stereocenters. The van der Waals surface area contributed by atoms with Crippen LogP contribution in [0.3, 0.4) is 0 Å². The second-order valence-corrected chi connectivity index (χ2v) is 6.47. The Balaban J connectivity index is 1.93. The van der Waals surface area contributed by atoms with E-state index in [-0.39, 0.29) is 27.9 Å². The van der Waals surface area contributed by atoms with Crippen LogP contribution < -0.4 is 4.74 Å². The highest BCUT2D eigenvalue weighted by Gasteiger charge is 2.32. The lowest BCUT2D eigenvalue weighted by Crippen LogP contribution is -2.26. The van der Waals surface area contributed by atoms with Crippen LogP contribution in [-0.2, 0) is 5.60 Å². The highest BCUT2D eigenvalue weighted by molar-refractivity contribution is 6.30. The summed E-state index contributed by atoms with van der Waals surface area (Å²) in [6, 6.07) is 7.35. The summed E-state index contributed by atoms with van der Waals surface area (Å²) in [5, 5.41) is 16.2. The number of rotatable bonds is 4. The molecule has 0 aliphatic heterocycles. The highest BCUT2D eigenvalue weighted by atomic mass is 35.5. The van der Waals surface area contributed by atoms with Gasteiger partial charge in [0, 0.05) is 5.02 Å². The zero-order valence-corrected chi connectivity index (χ0v) is 14.8. The molecule has 0 aliphatic rings. The van der Waals surface area contributed by atoms with Crippen molar-refractivity contribution in [1.82, 2.24) is 10.2 Å². The molecule has 9 heteroatoms. The van der Waals surface area contributed by atoms with Gasteiger partial charge in [0.05, 0.1) is 17.2 Å². The lowest BCUT2D eigenvalue weighted by Gasteiger charge is -2.23. The molecule has 27 heavy (non-hydrogen) atoms. The molecule has 0 radical (unpaired) electrons. The van der Waals surface area contributed by atoms with E-state index in [1.807, 2.05) is 6.07 Å². The molecule has 0 saturated carbocycles. The van der Waals surface area contributed by atoms with Gasteiger partial charge in [-0.15, -0.1) is 10.2 Å². The van der Waals surface area contributed by atoms with Gasteiger partial charge in [0.15, 0.2) is 23.0 Å². The van der Waals surface area contributed by atoms with Gasteiger partial charge in [-0.3, -0.25) is 0 Å². The van der Waals surface area contributed by atoms with Crippen molar-refractivity contribution in [3.63, 3.8) is 0 Å². The number of hydrogen-bond donors (Lipinski definition) is 0. The molecule has 0 fully saturated rings. The highest BCUT2D eigenvalue weighted by Crippen LogP contribution is 2.34. The van der Waals surface area contributed by atoms with Gasteiger partial charge in [-0.25, -0.2) is 13.2 Å². The number of hydrogen-bond acceptors (Lipinski definition) is 5. The first-order valence-electron chi connectivity index (χ1n) is 7.59. The average Bonchev–Trinajstić information content (AvgIpc) is 3.08. The standard InChI is InChI=1S/C18H11ClF3N3O2/c1-18(2,27-15-13(21)6-10(19)7-14(15)22)17-25-24-16(26-17)11-4-3-9(8-23)5-12(11)20/h3-7H,1-2H3. The summed E-state index contributed by atoms with van der Waals surface area (Å²) in [6.45, 7) is 2.90. The third-order valence-electron chi connectivity index (χ3n) is 3.59. The Kier molecular flexibility index (Phi) is 4.81. The molecular formula is C18H11ClF3N3O2. The maximum absolute atomic E-state index is 14.1. The first-order chi connectivity index (χ1) is 12.7. The molecule has 1 aromatic heterocycles. The van der Waals surface area contributed by atoms with Gasteiger partial charge in [-0.1, -0.05) is 11.6 Å². The number of halogens is 4. The molecule has 3 rings (SSSR count). The lowest BCUT2D eigenvalue weighted by molar-refractivity contribution is 0.0670.